The quantitative estimate of drug-likeness (QED) is 0.841. The number of nitrogens with zero attached hydrogens (tertiary/aromatic N) is 2. The number of aliphatic hydroxyl groups is 1. The second-order valence-electron chi connectivity index (χ2n) is 6.25. The predicted molar refractivity (Wildman–Crippen MR) is 95.0 cm³/mol. The van der Waals surface area contributed by atoms with E-state index in [4.69, 9.17) is 4.74 Å². The van der Waals surface area contributed by atoms with Crippen LogP contribution in [0.15, 0.2) is 42.6 Å². The lowest BCUT2D eigenvalue weighted by molar-refractivity contribution is 0.0311. The molecule has 1 aliphatic rings. The van der Waals surface area contributed by atoms with E-state index in [-0.39, 0.29) is 23.8 Å². The van der Waals surface area contributed by atoms with E-state index in [1.54, 1.807) is 18.2 Å². The minimum atomic E-state index is -0.949. The molecular formula is C19H20FN3O4. The normalized spacial score (nSPS) is 19.4. The van der Waals surface area contributed by atoms with Gasteiger partial charge >= 0.3 is 0 Å². The van der Waals surface area contributed by atoms with E-state index >= 15 is 0 Å². The molecule has 0 unspecified atom stereocenters. The van der Waals surface area contributed by atoms with Crippen LogP contribution in [0.3, 0.4) is 0 Å². The first-order valence-corrected chi connectivity index (χ1v) is 8.52. The Balaban J connectivity index is 1.64. The highest BCUT2D eigenvalue weighted by atomic mass is 19.1. The number of hydrogen-bond donors (Lipinski definition) is 2. The Morgan fingerprint density at radius 3 is 2.81 bits per heavy atom. The largest absolute Gasteiger partial charge is 0.496 e. The maximum absolute atomic E-state index is 13.5. The fourth-order valence-electron chi connectivity index (χ4n) is 3.04. The molecule has 0 spiro atoms. The van der Waals surface area contributed by atoms with Crippen LogP contribution in [-0.4, -0.2) is 59.1 Å². The lowest BCUT2D eigenvalue weighted by Crippen LogP contribution is -2.55. The van der Waals surface area contributed by atoms with Crippen molar-refractivity contribution in [3.8, 4) is 5.75 Å². The van der Waals surface area contributed by atoms with Gasteiger partial charge < -0.3 is 20.1 Å². The number of piperidine rings is 1. The van der Waals surface area contributed by atoms with Crippen molar-refractivity contribution in [2.75, 3.05) is 20.2 Å². The molecule has 2 N–H and O–H groups in total. The van der Waals surface area contributed by atoms with Crippen LogP contribution in [0, 0.1) is 5.82 Å². The monoisotopic (exact) mass is 373 g/mol. The number of aromatic nitrogens is 1. The number of nitrogens with one attached hydrogen (secondary N) is 1. The van der Waals surface area contributed by atoms with Crippen LogP contribution in [0.25, 0.3) is 0 Å². The third-order valence-corrected chi connectivity index (χ3v) is 4.48. The van der Waals surface area contributed by atoms with E-state index in [1.165, 1.54) is 30.3 Å². The number of methoxy groups -OCH3 is 1. The maximum Gasteiger partial charge on any atom is 0.272 e. The predicted octanol–water partition coefficient (Wildman–Crippen LogP) is 1.23. The van der Waals surface area contributed by atoms with Crippen molar-refractivity contribution in [2.24, 2.45) is 0 Å². The number of likely N-dealkylation sites (tertiary alicyclic amines) is 1. The molecule has 0 bridgehead atoms. The van der Waals surface area contributed by atoms with Gasteiger partial charge in [0.25, 0.3) is 11.8 Å². The summed E-state index contributed by atoms with van der Waals surface area (Å²) in [4.78, 5) is 30.4. The maximum atomic E-state index is 13.5. The molecular weight excluding hydrogens is 353 g/mol. The number of carbonyl (C=O) groups is 2. The van der Waals surface area contributed by atoms with Crippen LogP contribution in [0.4, 0.5) is 4.39 Å². The molecule has 0 aliphatic carbocycles. The highest BCUT2D eigenvalue weighted by molar-refractivity contribution is 5.97. The summed E-state index contributed by atoms with van der Waals surface area (Å²) in [5.41, 5.74) is 0.355. The number of benzene rings is 1. The Morgan fingerprint density at radius 1 is 1.33 bits per heavy atom. The van der Waals surface area contributed by atoms with Gasteiger partial charge in [-0.25, -0.2) is 4.39 Å². The molecule has 2 heterocycles. The van der Waals surface area contributed by atoms with Gasteiger partial charge in [-0.2, -0.15) is 0 Å². The Kier molecular flexibility index (Phi) is 5.66. The molecule has 3 rings (SSSR count). The second kappa shape index (κ2) is 8.13. The molecule has 1 fully saturated rings. The number of pyridine rings is 1. The Labute approximate surface area is 155 Å². The third kappa shape index (κ3) is 4.22. The van der Waals surface area contributed by atoms with Crippen molar-refractivity contribution >= 4 is 11.8 Å². The summed E-state index contributed by atoms with van der Waals surface area (Å²) >= 11 is 0. The lowest BCUT2D eigenvalue weighted by Gasteiger charge is -2.36. The van der Waals surface area contributed by atoms with Gasteiger partial charge in [0.1, 0.15) is 17.3 Å². The SMILES string of the molecule is COc1ccc(F)cc1C(=O)N[C@@H]1CCN(C(=O)c2ccccn2)C[C@H]1O. The number of rotatable bonds is 4. The van der Waals surface area contributed by atoms with Gasteiger partial charge in [0.05, 0.1) is 24.8 Å². The van der Waals surface area contributed by atoms with Crippen LogP contribution in [0.2, 0.25) is 0 Å². The number of aliphatic hydroxyl groups excluding tert-OH is 1. The van der Waals surface area contributed by atoms with Gasteiger partial charge in [0.2, 0.25) is 0 Å². The van der Waals surface area contributed by atoms with Gasteiger partial charge in [0, 0.05) is 19.3 Å². The van der Waals surface area contributed by atoms with Crippen molar-refractivity contribution in [2.45, 2.75) is 18.6 Å². The van der Waals surface area contributed by atoms with Crippen LogP contribution in [0.5, 0.6) is 5.75 Å². The molecule has 0 radical (unpaired) electrons. The number of ether oxygens (including phenoxy) is 1. The van der Waals surface area contributed by atoms with Gasteiger partial charge in [0.15, 0.2) is 0 Å². The molecule has 2 atom stereocenters. The minimum absolute atomic E-state index is 0.0525. The van der Waals surface area contributed by atoms with Crippen LogP contribution >= 0.6 is 0 Å². The van der Waals surface area contributed by atoms with Crippen molar-refractivity contribution in [1.82, 2.24) is 15.2 Å². The van der Waals surface area contributed by atoms with Gasteiger partial charge in [-0.15, -0.1) is 0 Å². The zero-order chi connectivity index (χ0) is 19.4. The summed E-state index contributed by atoms with van der Waals surface area (Å²) in [7, 11) is 1.39. The molecule has 7 nitrogen and oxygen atoms in total. The zero-order valence-electron chi connectivity index (χ0n) is 14.8. The van der Waals surface area contributed by atoms with Crippen molar-refractivity contribution in [3.05, 3.63) is 59.7 Å². The molecule has 1 aromatic heterocycles. The molecule has 2 amide bonds. The number of hydrogen-bond acceptors (Lipinski definition) is 5. The topological polar surface area (TPSA) is 91.8 Å². The average molecular weight is 373 g/mol. The lowest BCUT2D eigenvalue weighted by atomic mass is 10.0. The Bertz CT molecular complexity index is 831. The standard InChI is InChI=1S/C19H20FN3O4/c1-27-17-6-5-12(20)10-13(17)18(25)22-14-7-9-23(11-16(14)24)19(26)15-4-2-3-8-21-15/h2-6,8,10,14,16,24H,7,9,11H2,1H3,(H,22,25)/t14-,16-/m1/s1. The first kappa shape index (κ1) is 18.8. The first-order chi connectivity index (χ1) is 13.0. The van der Waals surface area contributed by atoms with E-state index in [9.17, 15) is 19.1 Å². The molecule has 1 aliphatic heterocycles. The molecule has 1 saturated heterocycles. The summed E-state index contributed by atoms with van der Waals surface area (Å²) in [6.45, 7) is 0.429. The zero-order valence-corrected chi connectivity index (χ0v) is 14.8. The summed E-state index contributed by atoms with van der Waals surface area (Å²) < 4.78 is 18.6. The molecule has 0 saturated carbocycles. The molecule has 142 valence electrons. The highest BCUT2D eigenvalue weighted by Gasteiger charge is 2.32. The van der Waals surface area contributed by atoms with E-state index in [1.807, 2.05) is 0 Å². The minimum Gasteiger partial charge on any atom is -0.496 e. The molecule has 8 heteroatoms. The number of β-amino-alcohol motifs (C(OH)–C–C–N with tert-alkyl or cyclic N) is 1. The number of halogens is 1. The number of carbonyl (C=O) groups excluding carboxylic acids is 2. The Morgan fingerprint density at radius 2 is 2.15 bits per heavy atom. The van der Waals surface area contributed by atoms with Crippen molar-refractivity contribution in [3.63, 3.8) is 0 Å². The molecule has 27 heavy (non-hydrogen) atoms. The average Bonchev–Trinajstić information content (AvgIpc) is 2.69. The van der Waals surface area contributed by atoms with E-state index in [0.29, 0.717) is 18.7 Å². The summed E-state index contributed by atoms with van der Waals surface area (Å²) in [6.07, 6.45) is 0.946. The van der Waals surface area contributed by atoms with Gasteiger partial charge in [-0.05, 0) is 36.8 Å². The van der Waals surface area contributed by atoms with E-state index in [2.05, 4.69) is 10.3 Å². The van der Waals surface area contributed by atoms with Crippen LogP contribution in [-0.2, 0) is 0 Å². The molecule has 2 aromatic rings. The Hall–Kier alpha value is -3.00. The fourth-order valence-corrected chi connectivity index (χ4v) is 3.04. The second-order valence-corrected chi connectivity index (χ2v) is 6.25. The van der Waals surface area contributed by atoms with Crippen LogP contribution < -0.4 is 10.1 Å². The van der Waals surface area contributed by atoms with Crippen molar-refractivity contribution in [1.29, 1.82) is 0 Å². The third-order valence-electron chi connectivity index (χ3n) is 4.48. The van der Waals surface area contributed by atoms with Crippen molar-refractivity contribution < 1.29 is 23.8 Å². The fraction of sp³-hybridized carbons (Fsp3) is 0.316. The van der Waals surface area contributed by atoms with Gasteiger partial charge in [-0.1, -0.05) is 6.07 Å². The van der Waals surface area contributed by atoms with Gasteiger partial charge in [-0.3, -0.25) is 14.6 Å². The smallest absolute Gasteiger partial charge is 0.272 e. The highest BCUT2D eigenvalue weighted by Crippen LogP contribution is 2.20. The molecule has 1 aromatic carbocycles. The number of amides is 2. The summed E-state index contributed by atoms with van der Waals surface area (Å²) in [6, 6.07) is 8.14. The van der Waals surface area contributed by atoms with E-state index in [0.717, 1.165) is 6.07 Å². The summed E-state index contributed by atoms with van der Waals surface area (Å²) in [5.74, 6) is -1.13. The summed E-state index contributed by atoms with van der Waals surface area (Å²) in [5, 5.41) is 13.1. The van der Waals surface area contributed by atoms with E-state index < -0.39 is 23.9 Å². The first-order valence-electron chi connectivity index (χ1n) is 8.52. The van der Waals surface area contributed by atoms with Crippen LogP contribution in [0.1, 0.15) is 27.3 Å².